The van der Waals surface area contributed by atoms with Gasteiger partial charge < -0.3 is 19.9 Å². The van der Waals surface area contributed by atoms with Crippen LogP contribution in [0.15, 0.2) is 48.0 Å². The third-order valence-corrected chi connectivity index (χ3v) is 8.13. The zero-order valence-corrected chi connectivity index (χ0v) is 23.5. The normalized spacial score (nSPS) is 19.0. The van der Waals surface area contributed by atoms with Crippen LogP contribution in [0.1, 0.15) is 31.9 Å². The van der Waals surface area contributed by atoms with E-state index in [0.29, 0.717) is 30.9 Å². The number of carbonyl (C=O) groups excluding carboxylic acids is 1. The summed E-state index contributed by atoms with van der Waals surface area (Å²) in [5, 5.41) is 3.36. The number of piperazine rings is 1. The zero-order valence-electron chi connectivity index (χ0n) is 23.5. The second-order valence-electron chi connectivity index (χ2n) is 11.0. The largest absolute Gasteiger partial charge is 0.474 e. The van der Waals surface area contributed by atoms with Crippen LogP contribution in [0.25, 0.3) is 28.0 Å². The van der Waals surface area contributed by atoms with Crippen molar-refractivity contribution in [3.8, 4) is 22.8 Å². The summed E-state index contributed by atoms with van der Waals surface area (Å²) in [6.07, 6.45) is 3.32. The lowest BCUT2D eigenvalue weighted by Crippen LogP contribution is -2.49. The Morgan fingerprint density at radius 2 is 2.00 bits per heavy atom. The molecule has 1 aromatic carbocycles. The molecule has 7 rings (SSSR count). The molecule has 43 heavy (non-hydrogen) atoms. The molecular formula is C30H28F2N8O3. The Bertz CT molecular complexity index is 1880. The molecule has 4 aromatic rings. The molecule has 2 bridgehead atoms. The molecule has 13 heteroatoms. The van der Waals surface area contributed by atoms with E-state index in [0.717, 1.165) is 0 Å². The number of aromatic nitrogens is 5. The SMILES string of the molecule is C=CC(=O)N1CCN(c2nc(=O)n3c4nc(c(F)cc24)-c2c(F)cccc2NCCOc2ncnc(C(C)C)c2-3)C2C[C@H]21. The van der Waals surface area contributed by atoms with E-state index in [1.807, 2.05) is 18.7 Å². The molecule has 1 unspecified atom stereocenters. The summed E-state index contributed by atoms with van der Waals surface area (Å²) in [5.74, 6) is -1.38. The van der Waals surface area contributed by atoms with E-state index in [2.05, 4.69) is 31.8 Å². The molecule has 1 saturated heterocycles. The van der Waals surface area contributed by atoms with Crippen LogP contribution in [0.5, 0.6) is 5.88 Å². The fourth-order valence-electron chi connectivity index (χ4n) is 6.10. The maximum Gasteiger partial charge on any atom is 0.356 e. The van der Waals surface area contributed by atoms with E-state index < -0.39 is 17.3 Å². The average Bonchev–Trinajstić information content (AvgIpc) is 3.79. The van der Waals surface area contributed by atoms with Crippen molar-refractivity contribution in [3.05, 3.63) is 71.1 Å². The maximum atomic E-state index is 16.1. The highest BCUT2D eigenvalue weighted by Crippen LogP contribution is 2.42. The number of carbonyl (C=O) groups is 1. The van der Waals surface area contributed by atoms with Gasteiger partial charge in [0.2, 0.25) is 11.8 Å². The van der Waals surface area contributed by atoms with Gasteiger partial charge in [-0.15, -0.1) is 0 Å². The van der Waals surface area contributed by atoms with E-state index >= 15 is 8.78 Å². The number of amides is 1. The number of benzene rings is 1. The van der Waals surface area contributed by atoms with Crippen molar-refractivity contribution in [2.24, 2.45) is 0 Å². The van der Waals surface area contributed by atoms with Crippen LogP contribution < -0.4 is 20.6 Å². The molecule has 2 aliphatic heterocycles. The Morgan fingerprint density at radius 3 is 2.79 bits per heavy atom. The van der Waals surface area contributed by atoms with E-state index in [1.54, 1.807) is 11.0 Å². The van der Waals surface area contributed by atoms with Crippen LogP contribution in [0.3, 0.4) is 0 Å². The Kier molecular flexibility index (Phi) is 6.33. The van der Waals surface area contributed by atoms with E-state index in [4.69, 9.17) is 4.74 Å². The zero-order chi connectivity index (χ0) is 30.0. The van der Waals surface area contributed by atoms with Crippen LogP contribution in [0.4, 0.5) is 20.3 Å². The molecule has 1 aliphatic carbocycles. The first kappa shape index (κ1) is 26.9. The average molecular weight is 587 g/mol. The molecule has 1 N–H and O–H groups in total. The molecule has 1 saturated carbocycles. The number of rotatable bonds is 3. The summed E-state index contributed by atoms with van der Waals surface area (Å²) in [4.78, 5) is 48.0. The minimum Gasteiger partial charge on any atom is -0.474 e. The van der Waals surface area contributed by atoms with Crippen molar-refractivity contribution < 1.29 is 18.3 Å². The van der Waals surface area contributed by atoms with Gasteiger partial charge in [0.15, 0.2) is 11.5 Å². The van der Waals surface area contributed by atoms with Crippen LogP contribution in [0.2, 0.25) is 0 Å². The van der Waals surface area contributed by atoms with Gasteiger partial charge in [-0.05, 0) is 36.6 Å². The van der Waals surface area contributed by atoms with E-state index in [9.17, 15) is 9.59 Å². The number of anilines is 2. The minimum atomic E-state index is -0.774. The molecule has 5 heterocycles. The van der Waals surface area contributed by atoms with Crippen LogP contribution >= 0.6 is 0 Å². The van der Waals surface area contributed by atoms with Crippen LogP contribution in [0, 0.1) is 11.6 Å². The van der Waals surface area contributed by atoms with Crippen molar-refractivity contribution >= 4 is 28.4 Å². The molecule has 3 aromatic heterocycles. The molecule has 220 valence electrons. The van der Waals surface area contributed by atoms with Gasteiger partial charge in [-0.3, -0.25) is 4.79 Å². The van der Waals surface area contributed by atoms with Gasteiger partial charge in [0.05, 0.1) is 28.7 Å². The van der Waals surface area contributed by atoms with Gasteiger partial charge in [0, 0.05) is 25.3 Å². The number of hydrogen-bond donors (Lipinski definition) is 1. The van der Waals surface area contributed by atoms with Crippen molar-refractivity contribution in [1.82, 2.24) is 29.4 Å². The molecule has 11 nitrogen and oxygen atoms in total. The number of fused-ring (bicyclic) bond motifs is 6. The molecule has 3 aliphatic rings. The van der Waals surface area contributed by atoms with Crippen molar-refractivity contribution in [3.63, 3.8) is 0 Å². The first-order valence-electron chi connectivity index (χ1n) is 14.1. The highest BCUT2D eigenvalue weighted by atomic mass is 19.1. The summed E-state index contributed by atoms with van der Waals surface area (Å²) in [6.45, 7) is 8.53. The summed E-state index contributed by atoms with van der Waals surface area (Å²) < 4.78 is 38.7. The van der Waals surface area contributed by atoms with Crippen molar-refractivity contribution in [2.45, 2.75) is 38.3 Å². The Morgan fingerprint density at radius 1 is 1.16 bits per heavy atom. The summed E-state index contributed by atoms with van der Waals surface area (Å²) in [5.41, 5.74) is 0.127. The summed E-state index contributed by atoms with van der Waals surface area (Å²) in [7, 11) is 0. The Labute approximate surface area is 244 Å². The second kappa shape index (κ2) is 10.1. The highest BCUT2D eigenvalue weighted by molar-refractivity contribution is 5.93. The summed E-state index contributed by atoms with van der Waals surface area (Å²) >= 11 is 0. The lowest BCUT2D eigenvalue weighted by Gasteiger charge is -2.35. The number of halogens is 2. The fourth-order valence-corrected chi connectivity index (χ4v) is 6.10. The van der Waals surface area contributed by atoms with Gasteiger partial charge in [-0.25, -0.2) is 28.1 Å². The number of nitrogens with one attached hydrogen (secondary N) is 1. The Balaban J connectivity index is 1.53. The number of hydrogen-bond acceptors (Lipinski definition) is 9. The number of nitrogens with zero attached hydrogens (tertiary/aromatic N) is 7. The predicted molar refractivity (Wildman–Crippen MR) is 156 cm³/mol. The molecule has 2 fully saturated rings. The monoisotopic (exact) mass is 586 g/mol. The topological polar surface area (TPSA) is 118 Å². The van der Waals surface area contributed by atoms with Gasteiger partial charge in [-0.1, -0.05) is 26.5 Å². The first-order valence-corrected chi connectivity index (χ1v) is 14.1. The van der Waals surface area contributed by atoms with Gasteiger partial charge in [-0.2, -0.15) is 9.97 Å². The summed E-state index contributed by atoms with van der Waals surface area (Å²) in [6, 6.07) is 5.45. The molecule has 1 amide bonds. The molecular weight excluding hydrogens is 558 g/mol. The quantitative estimate of drug-likeness (QED) is 0.360. The highest BCUT2D eigenvalue weighted by Gasteiger charge is 2.51. The minimum absolute atomic E-state index is 0.0597. The first-order chi connectivity index (χ1) is 20.8. The van der Waals surface area contributed by atoms with E-state index in [1.165, 1.54) is 35.2 Å². The smallest absolute Gasteiger partial charge is 0.356 e. The lowest BCUT2D eigenvalue weighted by molar-refractivity contribution is -0.126. The molecule has 2 atom stereocenters. The number of pyridine rings is 1. The second-order valence-corrected chi connectivity index (χ2v) is 11.0. The standard InChI is InChI=1S/C30H28F2N8O3/c1-4-22(41)38-9-10-39(21-13-20(21)38)27-16-12-18(32)25-23-17(31)6-5-7-19(23)33-8-11-43-29-26(24(15(2)3)34-14-35-29)40(28(16)36-25)30(42)37-27/h4-7,12,14-15,20-21,33H,1,8-11,13H2,2-3H3/t20-,21?/m1/s1. The molecule has 0 spiro atoms. The molecule has 0 radical (unpaired) electrons. The van der Waals surface area contributed by atoms with Crippen molar-refractivity contribution in [2.75, 3.05) is 36.5 Å². The maximum absolute atomic E-state index is 16.1. The van der Waals surface area contributed by atoms with Gasteiger partial charge >= 0.3 is 5.69 Å². The van der Waals surface area contributed by atoms with Gasteiger partial charge in [0.1, 0.15) is 36.0 Å². The van der Waals surface area contributed by atoms with Gasteiger partial charge in [0.25, 0.3) is 0 Å². The lowest BCUT2D eigenvalue weighted by atomic mass is 10.1. The third kappa shape index (κ3) is 4.29. The third-order valence-electron chi connectivity index (χ3n) is 8.13. The van der Waals surface area contributed by atoms with Crippen LogP contribution in [-0.4, -0.2) is 73.6 Å². The van der Waals surface area contributed by atoms with Crippen molar-refractivity contribution in [1.29, 1.82) is 0 Å². The van der Waals surface area contributed by atoms with E-state index in [-0.39, 0.29) is 76.7 Å². The predicted octanol–water partition coefficient (Wildman–Crippen LogP) is 3.42. The van der Waals surface area contributed by atoms with Crippen LogP contribution in [-0.2, 0) is 4.79 Å². The Hall–Kier alpha value is -4.94. The number of ether oxygens (including phenoxy) is 1. The fraction of sp³-hybridized carbons (Fsp3) is 0.333.